The minimum atomic E-state index is -1.58. The van der Waals surface area contributed by atoms with E-state index in [0.717, 1.165) is 23.5 Å². The molecule has 262 valence electrons. The van der Waals surface area contributed by atoms with Gasteiger partial charge in [0.1, 0.15) is 29.1 Å². The quantitative estimate of drug-likeness (QED) is 0.0882. The summed E-state index contributed by atoms with van der Waals surface area (Å²) < 4.78 is 56.6. The number of benzene rings is 2. The number of halogens is 7. The first-order chi connectivity index (χ1) is 24.4. The predicted molar refractivity (Wildman–Crippen MR) is 190 cm³/mol. The molecule has 0 aliphatic carbocycles. The SMILES string of the molecule is Fc1cccc(CBr)c1F.N#Cc1cncn1CC(=O)c1ccc(Cl)s1.N#Cc1cncn1CC(O)(Cc1cccc(F)c1F)c1ccc(Cl)s1. The summed E-state index contributed by atoms with van der Waals surface area (Å²) >= 11 is 17.1. The van der Waals surface area contributed by atoms with Crippen LogP contribution >= 0.6 is 61.8 Å². The van der Waals surface area contributed by atoms with Crippen LogP contribution in [-0.4, -0.2) is 30.0 Å². The van der Waals surface area contributed by atoms with Crippen molar-refractivity contribution >= 4 is 67.6 Å². The fourth-order valence-corrected chi connectivity index (χ4v) is 7.02. The molecule has 0 fully saturated rings. The maximum absolute atomic E-state index is 14.1. The van der Waals surface area contributed by atoms with Gasteiger partial charge in [-0.15, -0.1) is 22.7 Å². The molecule has 4 heterocycles. The van der Waals surface area contributed by atoms with E-state index >= 15 is 0 Å². The molecule has 51 heavy (non-hydrogen) atoms. The summed E-state index contributed by atoms with van der Waals surface area (Å²) in [5.74, 6) is -3.62. The van der Waals surface area contributed by atoms with E-state index in [2.05, 4.69) is 25.9 Å². The lowest BCUT2D eigenvalue weighted by atomic mass is 9.92. The van der Waals surface area contributed by atoms with Crippen molar-refractivity contribution in [3.63, 3.8) is 0 Å². The summed E-state index contributed by atoms with van der Waals surface area (Å²) in [4.78, 5) is 20.6. The summed E-state index contributed by atoms with van der Waals surface area (Å²) in [6.45, 7) is 0.0580. The van der Waals surface area contributed by atoms with E-state index in [1.807, 2.05) is 12.1 Å². The number of Topliss-reactive ketones (excluding diaryl/α,β-unsaturated/α-hetero) is 1. The number of aromatic nitrogens is 4. The van der Waals surface area contributed by atoms with E-state index < -0.39 is 28.9 Å². The summed E-state index contributed by atoms with van der Waals surface area (Å²) in [5.41, 5.74) is -0.582. The van der Waals surface area contributed by atoms with Gasteiger partial charge < -0.3 is 14.2 Å². The van der Waals surface area contributed by atoms with Crippen LogP contribution in [0, 0.1) is 45.9 Å². The van der Waals surface area contributed by atoms with Crippen LogP contribution in [0.25, 0.3) is 0 Å². The second-order valence-electron chi connectivity index (χ2n) is 10.4. The fourth-order valence-electron chi connectivity index (χ4n) is 4.50. The van der Waals surface area contributed by atoms with E-state index in [0.29, 0.717) is 35.0 Å². The monoisotopic (exact) mass is 836 g/mol. The molecule has 2 aromatic carbocycles. The minimum Gasteiger partial charge on any atom is -0.382 e. The standard InChI is InChI=1S/C17H12ClF2N3OS.C10H6ClN3OS.C7H5BrF2/c18-15-5-4-14(25-15)17(24,9-23-10-22-8-12(23)7-21)6-11-2-1-3-13(19)16(11)20;11-10-2-1-9(16-10)8(15)5-14-6-13-4-7(14)3-12;8-4-5-2-1-3-6(9)7(5)10/h1-5,8,10,24H,6,9H2;1-2,4,6H,5H2;1-3H,4H2. The average molecular weight is 839 g/mol. The smallest absolute Gasteiger partial charge is 0.192 e. The Bertz CT molecular complexity index is 2210. The largest absolute Gasteiger partial charge is 0.382 e. The molecule has 6 aromatic rings. The molecule has 0 saturated heterocycles. The zero-order valence-electron chi connectivity index (χ0n) is 25.9. The molecule has 0 spiro atoms. The second kappa shape index (κ2) is 18.2. The molecule has 1 N–H and O–H groups in total. The van der Waals surface area contributed by atoms with Gasteiger partial charge in [0.25, 0.3) is 0 Å². The predicted octanol–water partition coefficient (Wildman–Crippen LogP) is 9.09. The van der Waals surface area contributed by atoms with Crippen LogP contribution in [0.4, 0.5) is 17.6 Å². The van der Waals surface area contributed by atoms with Gasteiger partial charge >= 0.3 is 0 Å². The zero-order chi connectivity index (χ0) is 37.1. The number of aliphatic hydroxyl groups is 1. The molecule has 1 atom stereocenters. The van der Waals surface area contributed by atoms with Crippen molar-refractivity contribution in [2.75, 3.05) is 0 Å². The molecule has 0 bridgehead atoms. The first-order valence-electron chi connectivity index (χ1n) is 14.4. The number of thiophene rings is 2. The van der Waals surface area contributed by atoms with Crippen LogP contribution in [0.15, 0.2) is 85.7 Å². The van der Waals surface area contributed by atoms with Crippen LogP contribution in [0.5, 0.6) is 0 Å². The Hall–Kier alpha value is -4.35. The number of alkyl halides is 1. The molecule has 0 aliphatic heterocycles. The van der Waals surface area contributed by atoms with Crippen molar-refractivity contribution in [2.45, 2.75) is 30.4 Å². The number of hydrogen-bond acceptors (Lipinski definition) is 8. The van der Waals surface area contributed by atoms with E-state index in [-0.39, 0.29) is 36.6 Å². The van der Waals surface area contributed by atoms with Crippen molar-refractivity contribution in [2.24, 2.45) is 0 Å². The summed E-state index contributed by atoms with van der Waals surface area (Å²) in [7, 11) is 0. The fraction of sp³-hybridized carbons (Fsp3) is 0.147. The molecule has 0 saturated carbocycles. The van der Waals surface area contributed by atoms with Gasteiger partial charge in [0.15, 0.2) is 29.1 Å². The lowest BCUT2D eigenvalue weighted by Crippen LogP contribution is -2.33. The number of nitriles is 2. The maximum Gasteiger partial charge on any atom is 0.192 e. The van der Waals surface area contributed by atoms with Crippen molar-refractivity contribution in [3.8, 4) is 12.1 Å². The topological polar surface area (TPSA) is 121 Å². The van der Waals surface area contributed by atoms with Crippen molar-refractivity contribution < 1.29 is 27.5 Å². The Balaban J connectivity index is 0.000000191. The summed E-state index contributed by atoms with van der Waals surface area (Å²) in [5, 5.41) is 29.5. The van der Waals surface area contributed by atoms with E-state index in [9.17, 15) is 27.5 Å². The van der Waals surface area contributed by atoms with E-state index in [4.69, 9.17) is 33.7 Å². The summed E-state index contributed by atoms with van der Waals surface area (Å²) in [6.07, 6.45) is 5.47. The number of carbonyl (C=O) groups excluding carboxylic acids is 1. The Morgan fingerprint density at radius 2 is 1.37 bits per heavy atom. The van der Waals surface area contributed by atoms with Gasteiger partial charge in [-0.1, -0.05) is 63.4 Å². The van der Waals surface area contributed by atoms with Gasteiger partial charge in [0.05, 0.1) is 51.7 Å². The normalized spacial score (nSPS) is 11.6. The van der Waals surface area contributed by atoms with Gasteiger partial charge in [0.2, 0.25) is 0 Å². The number of ketones is 1. The number of imidazole rings is 2. The van der Waals surface area contributed by atoms with Gasteiger partial charge in [-0.05, 0) is 42.0 Å². The van der Waals surface area contributed by atoms with Crippen molar-refractivity contribution in [1.29, 1.82) is 10.5 Å². The number of carbonyl (C=O) groups is 1. The molecule has 4 aromatic heterocycles. The first-order valence-corrected chi connectivity index (χ1v) is 17.9. The van der Waals surface area contributed by atoms with Gasteiger partial charge in [-0.25, -0.2) is 27.5 Å². The van der Waals surface area contributed by atoms with Gasteiger partial charge in [-0.2, -0.15) is 10.5 Å². The maximum atomic E-state index is 14.1. The zero-order valence-corrected chi connectivity index (χ0v) is 30.6. The third-order valence-corrected chi connectivity index (χ3v) is 10.3. The number of rotatable bonds is 9. The Kier molecular flexibility index (Phi) is 14.1. The third kappa shape index (κ3) is 10.4. The molecular formula is C34H23BrCl2F4N6O2S2. The third-order valence-electron chi connectivity index (χ3n) is 6.97. The highest BCUT2D eigenvalue weighted by atomic mass is 79.9. The second-order valence-corrected chi connectivity index (χ2v) is 14.4. The van der Waals surface area contributed by atoms with Crippen molar-refractivity contribution in [1.82, 2.24) is 19.1 Å². The van der Waals surface area contributed by atoms with Crippen LogP contribution in [0.1, 0.15) is 37.1 Å². The molecule has 8 nitrogen and oxygen atoms in total. The number of hydrogen-bond donors (Lipinski definition) is 1. The molecule has 0 amide bonds. The molecule has 1 unspecified atom stereocenters. The number of nitrogens with zero attached hydrogens (tertiary/aromatic N) is 6. The van der Waals surface area contributed by atoms with Crippen LogP contribution < -0.4 is 0 Å². The Morgan fingerprint density at radius 3 is 1.90 bits per heavy atom. The lowest BCUT2D eigenvalue weighted by molar-refractivity contribution is 0.0210. The molecule has 6 rings (SSSR count). The molecule has 0 radical (unpaired) electrons. The highest BCUT2D eigenvalue weighted by Crippen LogP contribution is 2.36. The minimum absolute atomic E-state index is 0.0330. The van der Waals surface area contributed by atoms with Crippen LogP contribution in [-0.2, 0) is 30.4 Å². The van der Waals surface area contributed by atoms with Gasteiger partial charge in [0, 0.05) is 22.2 Å². The van der Waals surface area contributed by atoms with Gasteiger partial charge in [-0.3, -0.25) is 4.79 Å². The highest BCUT2D eigenvalue weighted by molar-refractivity contribution is 9.08. The van der Waals surface area contributed by atoms with Crippen molar-refractivity contribution in [3.05, 3.63) is 150 Å². The van der Waals surface area contributed by atoms with Crippen LogP contribution in [0.3, 0.4) is 0 Å². The Morgan fingerprint density at radius 1 is 0.824 bits per heavy atom. The van der Waals surface area contributed by atoms with E-state index in [1.165, 1.54) is 69.8 Å². The van der Waals surface area contributed by atoms with Crippen LogP contribution in [0.2, 0.25) is 8.67 Å². The van der Waals surface area contributed by atoms with E-state index in [1.54, 1.807) is 24.3 Å². The average Bonchev–Trinajstić information content (AvgIpc) is 3.94. The first kappa shape index (κ1) is 39.4. The lowest BCUT2D eigenvalue weighted by Gasteiger charge is -2.28. The molecule has 17 heteroatoms. The Labute approximate surface area is 315 Å². The summed E-state index contributed by atoms with van der Waals surface area (Å²) in [6, 6.07) is 18.5. The molecular weight excluding hydrogens is 815 g/mol. The highest BCUT2D eigenvalue weighted by Gasteiger charge is 2.34. The molecule has 0 aliphatic rings.